The molecule has 0 aliphatic rings. The molecule has 0 saturated carbocycles. The highest BCUT2D eigenvalue weighted by Gasteiger charge is 2.20. The molecule has 576 valence electrons. The number of halogens is 7. The van der Waals surface area contributed by atoms with Crippen LogP contribution < -0.4 is 21.3 Å². The average molecular weight is 1600 g/mol. The van der Waals surface area contributed by atoms with Crippen LogP contribution in [0.1, 0.15) is 100 Å². The molecule has 17 nitrogen and oxygen atoms in total. The lowest BCUT2D eigenvalue weighted by molar-refractivity contribution is -0.116. The third kappa shape index (κ3) is 27.3. The van der Waals surface area contributed by atoms with Gasteiger partial charge in [0.15, 0.2) is 23.3 Å². The van der Waals surface area contributed by atoms with E-state index in [0.29, 0.717) is 123 Å². The van der Waals surface area contributed by atoms with Crippen molar-refractivity contribution in [2.45, 2.75) is 107 Å². The lowest BCUT2D eigenvalue weighted by Crippen LogP contribution is -2.18. The zero-order valence-electron chi connectivity index (χ0n) is 63.1. The van der Waals surface area contributed by atoms with Crippen molar-refractivity contribution in [1.82, 2.24) is 39.9 Å². The summed E-state index contributed by atoms with van der Waals surface area (Å²) in [6, 6.07) is 51.4. The maximum atomic E-state index is 13.2. The van der Waals surface area contributed by atoms with Gasteiger partial charge in [-0.2, -0.15) is 0 Å². The van der Waals surface area contributed by atoms with Gasteiger partial charge in [-0.05, 0) is 217 Å². The zero-order chi connectivity index (χ0) is 80.4. The van der Waals surface area contributed by atoms with Gasteiger partial charge >= 0.3 is 0 Å². The van der Waals surface area contributed by atoms with E-state index in [1.165, 1.54) is 60.7 Å². The van der Waals surface area contributed by atoms with E-state index in [0.717, 1.165) is 49.1 Å². The Labute approximate surface area is 661 Å². The number of carbonyl (C=O) groups is 4. The topological polar surface area (TPSA) is 240 Å². The van der Waals surface area contributed by atoms with Crippen molar-refractivity contribution in [2.24, 2.45) is 23.7 Å². The maximum Gasteiger partial charge on any atom is 0.229 e. The second kappa shape index (κ2) is 41.3. The highest BCUT2D eigenvalue weighted by molar-refractivity contribution is 9.10. The van der Waals surface area contributed by atoms with Crippen LogP contribution in [0.5, 0.6) is 5.75 Å². The van der Waals surface area contributed by atoms with Crippen molar-refractivity contribution < 1.29 is 46.2 Å². The summed E-state index contributed by atoms with van der Waals surface area (Å²) in [4.78, 5) is 86.0. The van der Waals surface area contributed by atoms with Gasteiger partial charge in [0.25, 0.3) is 0 Å². The Morgan fingerprint density at radius 3 is 0.768 bits per heavy atom. The number of hydrogen-bond acceptors (Lipinski definition) is 13. The standard InChI is InChI=1S/C22H21BrFN3O.C22H21ClFN3O.C22H21F2N3O.C22H22FN3O2/c3*1-14(2)11-19-22(27-21(28)12-15-3-7-17(23)8-4-15)25-13-20(26-19)16-5-9-18(24)10-6-16;1-14(2)11-19-22(26-21(28)12-15-3-9-18(27)10-4-15)24-13-20(25-19)16-5-7-17(23)8-6-16/h3*3-10,13-14H,11-12H2,1-2H3,(H,25,27,28);3-10,13-14,27H,11-12H2,1-2H3,(H,24,26,28). The summed E-state index contributed by atoms with van der Waals surface area (Å²) in [7, 11) is 0. The van der Waals surface area contributed by atoms with Gasteiger partial charge in [-0.1, -0.05) is 131 Å². The molecular weight excluding hydrogens is 1520 g/mol. The van der Waals surface area contributed by atoms with Crippen molar-refractivity contribution in [3.8, 4) is 50.8 Å². The Kier molecular flexibility index (Phi) is 31.0. The van der Waals surface area contributed by atoms with Gasteiger partial charge in [0.05, 0.1) is 96.0 Å². The number of rotatable bonds is 24. The largest absolute Gasteiger partial charge is 0.508 e. The van der Waals surface area contributed by atoms with Crippen molar-refractivity contribution in [1.29, 1.82) is 0 Å². The van der Waals surface area contributed by atoms with E-state index in [9.17, 15) is 46.2 Å². The zero-order valence-corrected chi connectivity index (χ0v) is 65.4. The summed E-state index contributed by atoms with van der Waals surface area (Å²) in [5.74, 6) is 0.918. The van der Waals surface area contributed by atoms with Gasteiger partial charge in [-0.15, -0.1) is 0 Å². The summed E-state index contributed by atoms with van der Waals surface area (Å²) in [5, 5.41) is 21.3. The van der Waals surface area contributed by atoms with Crippen LogP contribution in [0.3, 0.4) is 0 Å². The highest BCUT2D eigenvalue weighted by Crippen LogP contribution is 2.28. The van der Waals surface area contributed by atoms with Crippen LogP contribution in [0, 0.1) is 52.8 Å². The molecule has 5 N–H and O–H groups in total. The van der Waals surface area contributed by atoms with Crippen molar-refractivity contribution >= 4 is 74.4 Å². The first kappa shape index (κ1) is 84.2. The van der Waals surface area contributed by atoms with Crippen LogP contribution in [0.2, 0.25) is 5.02 Å². The summed E-state index contributed by atoms with van der Waals surface area (Å²) >= 11 is 9.27. The summed E-state index contributed by atoms with van der Waals surface area (Å²) in [5.41, 5.74) is 11.7. The molecule has 4 amide bonds. The SMILES string of the molecule is CC(C)Cc1nc(-c2ccc(F)cc2)cnc1NC(=O)Cc1ccc(Br)cc1.CC(C)Cc1nc(-c2ccc(F)cc2)cnc1NC(=O)Cc1ccc(Cl)cc1.CC(C)Cc1nc(-c2ccc(F)cc2)cnc1NC(=O)Cc1ccc(F)cc1.CC(C)Cc1nc(-c2ccc(F)cc2)cnc1NC(=O)Cc1ccc(O)cc1. The van der Waals surface area contributed by atoms with Crippen molar-refractivity contribution in [2.75, 3.05) is 21.3 Å². The minimum Gasteiger partial charge on any atom is -0.508 e. The van der Waals surface area contributed by atoms with Crippen LogP contribution in [-0.2, 0) is 70.5 Å². The predicted octanol–water partition coefficient (Wildman–Crippen LogP) is 19.9. The summed E-state index contributed by atoms with van der Waals surface area (Å²) in [6.07, 6.45) is 9.72. The number of nitrogens with one attached hydrogen (secondary N) is 4. The third-order valence-corrected chi connectivity index (χ3v) is 17.3. The molecular formula is C88H85BrClF5N12O5. The Balaban J connectivity index is 0.000000171. The first-order valence-electron chi connectivity index (χ1n) is 36.3. The number of aromatic nitrogens is 8. The molecule has 12 rings (SSSR count). The van der Waals surface area contributed by atoms with E-state index in [1.807, 2.05) is 36.4 Å². The number of benzene rings is 8. The number of amides is 4. The fourth-order valence-electron chi connectivity index (χ4n) is 11.1. The minimum absolute atomic E-state index is 0.114. The van der Waals surface area contributed by atoms with Crippen LogP contribution >= 0.6 is 27.5 Å². The monoisotopic (exact) mass is 1600 g/mol. The minimum atomic E-state index is -0.342. The molecule has 4 heterocycles. The number of hydrogen-bond donors (Lipinski definition) is 5. The van der Waals surface area contributed by atoms with E-state index in [4.69, 9.17) is 11.6 Å². The molecule has 0 aliphatic carbocycles. The smallest absolute Gasteiger partial charge is 0.229 e. The number of nitrogens with zero attached hydrogens (tertiary/aromatic N) is 8. The molecule has 4 aromatic heterocycles. The van der Waals surface area contributed by atoms with E-state index < -0.39 is 0 Å². The average Bonchev–Trinajstić information content (AvgIpc) is 0.837. The summed E-state index contributed by atoms with van der Waals surface area (Å²) in [6.45, 7) is 16.5. The molecule has 0 unspecified atom stereocenters. The van der Waals surface area contributed by atoms with Gasteiger partial charge in [-0.25, -0.2) is 61.8 Å². The Bertz CT molecular complexity index is 4470. The van der Waals surface area contributed by atoms with Crippen LogP contribution in [-0.4, -0.2) is 68.6 Å². The van der Waals surface area contributed by atoms with Crippen LogP contribution in [0.15, 0.2) is 223 Å². The van der Waals surface area contributed by atoms with Gasteiger partial charge in [0.2, 0.25) is 23.6 Å². The molecule has 24 heteroatoms. The fraction of sp³-hybridized carbons (Fsp3) is 0.227. The van der Waals surface area contributed by atoms with Gasteiger partial charge in [-0.3, -0.25) is 19.2 Å². The number of carbonyl (C=O) groups excluding carboxylic acids is 4. The second-order valence-electron chi connectivity index (χ2n) is 28.1. The molecule has 112 heavy (non-hydrogen) atoms. The maximum absolute atomic E-state index is 13.2. The van der Waals surface area contributed by atoms with Crippen molar-refractivity contribution in [3.63, 3.8) is 0 Å². The lowest BCUT2D eigenvalue weighted by atomic mass is 10.1. The van der Waals surface area contributed by atoms with E-state index in [-0.39, 0.29) is 84.1 Å². The molecule has 0 bridgehead atoms. The molecule has 0 fully saturated rings. The van der Waals surface area contributed by atoms with Gasteiger partial charge in [0.1, 0.15) is 34.8 Å². The van der Waals surface area contributed by atoms with Gasteiger partial charge in [0, 0.05) is 31.7 Å². The Morgan fingerprint density at radius 1 is 0.330 bits per heavy atom. The van der Waals surface area contributed by atoms with E-state index in [1.54, 1.807) is 122 Å². The van der Waals surface area contributed by atoms with Crippen LogP contribution in [0.4, 0.5) is 45.2 Å². The normalized spacial score (nSPS) is 10.9. The highest BCUT2D eigenvalue weighted by atomic mass is 79.9. The molecule has 0 saturated heterocycles. The lowest BCUT2D eigenvalue weighted by Gasteiger charge is -2.13. The number of phenols is 1. The number of aromatic hydroxyl groups is 1. The Hall–Kier alpha value is -11.8. The summed E-state index contributed by atoms with van der Waals surface area (Å²) < 4.78 is 66.6. The first-order valence-corrected chi connectivity index (χ1v) is 37.5. The van der Waals surface area contributed by atoms with Gasteiger partial charge < -0.3 is 26.4 Å². The van der Waals surface area contributed by atoms with Crippen LogP contribution in [0.25, 0.3) is 45.0 Å². The molecule has 0 aliphatic heterocycles. The van der Waals surface area contributed by atoms with E-state index >= 15 is 0 Å². The first-order chi connectivity index (χ1) is 53.6. The molecule has 8 aromatic carbocycles. The van der Waals surface area contributed by atoms with E-state index in [2.05, 4.69) is 132 Å². The number of anilines is 4. The predicted molar refractivity (Wildman–Crippen MR) is 433 cm³/mol. The molecule has 0 radical (unpaired) electrons. The molecule has 0 spiro atoms. The quantitative estimate of drug-likeness (QED) is 0.0354. The fourth-order valence-corrected chi connectivity index (χ4v) is 11.5. The molecule has 0 atom stereocenters. The van der Waals surface area contributed by atoms with Crippen molar-refractivity contribution in [3.05, 3.63) is 303 Å². The Morgan fingerprint density at radius 2 is 0.536 bits per heavy atom. The molecule has 12 aromatic rings. The number of phenolic OH excluding ortho intramolecular Hbond substituents is 1. The third-order valence-electron chi connectivity index (χ3n) is 16.5. The second-order valence-corrected chi connectivity index (χ2v) is 29.4.